The summed E-state index contributed by atoms with van der Waals surface area (Å²) in [6.45, 7) is 5.76. The number of nitrogens with zero attached hydrogens (tertiary/aromatic N) is 1. The minimum atomic E-state index is -2.84. The van der Waals surface area contributed by atoms with E-state index in [1.807, 2.05) is 19.9 Å². The number of rotatable bonds is 4. The summed E-state index contributed by atoms with van der Waals surface area (Å²) in [7, 11) is -2.84. The molecule has 0 spiro atoms. The summed E-state index contributed by atoms with van der Waals surface area (Å²) in [5.41, 5.74) is 0. The molecule has 1 aliphatic rings. The number of ketones is 1. The van der Waals surface area contributed by atoms with Crippen molar-refractivity contribution >= 4 is 15.6 Å². The fourth-order valence-electron chi connectivity index (χ4n) is 1.68. The van der Waals surface area contributed by atoms with Crippen LogP contribution in [0.3, 0.4) is 0 Å². The van der Waals surface area contributed by atoms with Crippen molar-refractivity contribution in [3.8, 4) is 0 Å². The van der Waals surface area contributed by atoms with E-state index in [4.69, 9.17) is 0 Å². The Labute approximate surface area is 104 Å². The molecule has 1 fully saturated rings. The van der Waals surface area contributed by atoms with Gasteiger partial charge < -0.3 is 0 Å². The van der Waals surface area contributed by atoms with Crippen molar-refractivity contribution in [2.75, 3.05) is 31.1 Å². The quantitative estimate of drug-likeness (QED) is 0.704. The zero-order valence-corrected chi connectivity index (χ0v) is 11.4. The largest absolute Gasteiger partial charge is 0.299 e. The molecule has 0 saturated carbocycles. The van der Waals surface area contributed by atoms with Crippen molar-refractivity contribution in [1.82, 2.24) is 4.90 Å². The highest BCUT2D eigenvalue weighted by molar-refractivity contribution is 7.91. The van der Waals surface area contributed by atoms with Gasteiger partial charge in [0.2, 0.25) is 0 Å². The van der Waals surface area contributed by atoms with E-state index >= 15 is 0 Å². The van der Waals surface area contributed by atoms with Gasteiger partial charge in [0, 0.05) is 19.0 Å². The van der Waals surface area contributed by atoms with Gasteiger partial charge in [0.1, 0.15) is 0 Å². The molecule has 1 aliphatic heterocycles. The molecule has 98 valence electrons. The second-order valence-corrected chi connectivity index (χ2v) is 7.07. The van der Waals surface area contributed by atoms with E-state index in [1.165, 1.54) is 0 Å². The van der Waals surface area contributed by atoms with Crippen LogP contribution in [0.5, 0.6) is 0 Å². The molecular formula is C12H21NO3S. The lowest BCUT2D eigenvalue weighted by Gasteiger charge is -2.16. The smallest absolute Gasteiger partial charge is 0.157 e. The van der Waals surface area contributed by atoms with E-state index in [0.717, 1.165) is 6.54 Å². The molecule has 0 aromatic rings. The molecular weight excluding hydrogens is 238 g/mol. The van der Waals surface area contributed by atoms with E-state index < -0.39 is 9.84 Å². The molecule has 0 unspecified atom stereocenters. The van der Waals surface area contributed by atoms with Crippen LogP contribution in [0.1, 0.15) is 20.3 Å². The van der Waals surface area contributed by atoms with Gasteiger partial charge in [-0.1, -0.05) is 19.9 Å². The number of hydrogen-bond acceptors (Lipinski definition) is 4. The SMILES string of the molecule is CC(C)C(=O)/C=C/CN1CCCS(=O)(=O)CC1. The topological polar surface area (TPSA) is 54.5 Å². The number of allylic oxidation sites excluding steroid dienone is 1. The van der Waals surface area contributed by atoms with Crippen molar-refractivity contribution in [2.24, 2.45) is 5.92 Å². The summed E-state index contributed by atoms with van der Waals surface area (Å²) in [4.78, 5) is 13.4. The maximum atomic E-state index is 11.4. The van der Waals surface area contributed by atoms with Gasteiger partial charge in [0.15, 0.2) is 15.6 Å². The molecule has 5 heteroatoms. The second kappa shape index (κ2) is 6.31. The Morgan fingerprint density at radius 3 is 2.65 bits per heavy atom. The minimum absolute atomic E-state index is 0.0239. The van der Waals surface area contributed by atoms with Gasteiger partial charge in [-0.05, 0) is 19.0 Å². The van der Waals surface area contributed by atoms with E-state index in [1.54, 1.807) is 6.08 Å². The summed E-state index contributed by atoms with van der Waals surface area (Å²) in [6.07, 6.45) is 4.12. The van der Waals surface area contributed by atoms with Crippen molar-refractivity contribution in [1.29, 1.82) is 0 Å². The Morgan fingerprint density at radius 1 is 1.29 bits per heavy atom. The summed E-state index contributed by atoms with van der Waals surface area (Å²) in [6, 6.07) is 0. The summed E-state index contributed by atoms with van der Waals surface area (Å²) >= 11 is 0. The standard InChI is InChI=1S/C12H21NO3S/c1-11(2)12(14)5-3-6-13-7-4-9-17(15,16)10-8-13/h3,5,11H,4,6-10H2,1-2H3/b5-3+. The van der Waals surface area contributed by atoms with E-state index in [-0.39, 0.29) is 23.2 Å². The first kappa shape index (κ1) is 14.4. The molecule has 1 rings (SSSR count). The molecule has 0 aromatic heterocycles. The number of carbonyl (C=O) groups is 1. The van der Waals surface area contributed by atoms with Crippen LogP contribution in [0, 0.1) is 5.92 Å². The van der Waals surface area contributed by atoms with Crippen LogP contribution >= 0.6 is 0 Å². The van der Waals surface area contributed by atoms with Gasteiger partial charge in [0.05, 0.1) is 11.5 Å². The van der Waals surface area contributed by atoms with Gasteiger partial charge in [-0.3, -0.25) is 9.69 Å². The molecule has 4 nitrogen and oxygen atoms in total. The molecule has 0 bridgehead atoms. The highest BCUT2D eigenvalue weighted by Crippen LogP contribution is 2.05. The molecule has 1 heterocycles. The van der Waals surface area contributed by atoms with Gasteiger partial charge >= 0.3 is 0 Å². The van der Waals surface area contributed by atoms with Crippen molar-refractivity contribution in [3.63, 3.8) is 0 Å². The lowest BCUT2D eigenvalue weighted by Crippen LogP contribution is -2.27. The number of carbonyl (C=O) groups excluding carboxylic acids is 1. The van der Waals surface area contributed by atoms with Gasteiger partial charge in [-0.25, -0.2) is 8.42 Å². The second-order valence-electron chi connectivity index (χ2n) is 4.77. The predicted molar refractivity (Wildman–Crippen MR) is 68.7 cm³/mol. The first-order valence-corrected chi connectivity index (χ1v) is 7.86. The average Bonchev–Trinajstić information content (AvgIpc) is 2.40. The summed E-state index contributed by atoms with van der Waals surface area (Å²) < 4.78 is 22.8. The summed E-state index contributed by atoms with van der Waals surface area (Å²) in [5.74, 6) is 0.667. The fraction of sp³-hybridized carbons (Fsp3) is 0.750. The predicted octanol–water partition coefficient (Wildman–Crippen LogP) is 0.888. The first-order valence-electron chi connectivity index (χ1n) is 6.04. The maximum absolute atomic E-state index is 11.4. The highest BCUT2D eigenvalue weighted by Gasteiger charge is 2.18. The highest BCUT2D eigenvalue weighted by atomic mass is 32.2. The number of sulfone groups is 1. The molecule has 0 radical (unpaired) electrons. The monoisotopic (exact) mass is 259 g/mol. The Bertz CT molecular complexity index is 385. The third-order valence-corrected chi connectivity index (χ3v) is 4.58. The molecule has 1 saturated heterocycles. The molecule has 0 atom stereocenters. The van der Waals surface area contributed by atoms with Crippen LogP contribution in [0.4, 0.5) is 0 Å². The molecule has 0 N–H and O–H groups in total. The van der Waals surface area contributed by atoms with Crippen LogP contribution in [0.15, 0.2) is 12.2 Å². The molecule has 0 aromatic carbocycles. The third kappa shape index (κ3) is 5.46. The Hall–Kier alpha value is -0.680. The molecule has 0 amide bonds. The first-order chi connectivity index (χ1) is 7.91. The van der Waals surface area contributed by atoms with Gasteiger partial charge in [-0.2, -0.15) is 0 Å². The van der Waals surface area contributed by atoms with Crippen LogP contribution in [0.25, 0.3) is 0 Å². The number of hydrogen-bond donors (Lipinski definition) is 0. The minimum Gasteiger partial charge on any atom is -0.299 e. The molecule has 0 aliphatic carbocycles. The maximum Gasteiger partial charge on any atom is 0.157 e. The van der Waals surface area contributed by atoms with Crippen molar-refractivity contribution in [2.45, 2.75) is 20.3 Å². The lowest BCUT2D eigenvalue weighted by atomic mass is 10.1. The van der Waals surface area contributed by atoms with Crippen LogP contribution in [-0.2, 0) is 14.6 Å². The Morgan fingerprint density at radius 2 is 2.00 bits per heavy atom. The van der Waals surface area contributed by atoms with Crippen molar-refractivity contribution in [3.05, 3.63) is 12.2 Å². The van der Waals surface area contributed by atoms with Crippen LogP contribution in [-0.4, -0.2) is 50.2 Å². The molecule has 17 heavy (non-hydrogen) atoms. The van der Waals surface area contributed by atoms with E-state index in [9.17, 15) is 13.2 Å². The third-order valence-electron chi connectivity index (χ3n) is 2.86. The fourth-order valence-corrected chi connectivity index (χ4v) is 2.99. The van der Waals surface area contributed by atoms with Crippen molar-refractivity contribution < 1.29 is 13.2 Å². The van der Waals surface area contributed by atoms with Gasteiger partial charge in [-0.15, -0.1) is 0 Å². The zero-order valence-electron chi connectivity index (χ0n) is 10.6. The normalized spacial score (nSPS) is 21.8. The zero-order chi connectivity index (χ0) is 12.9. The van der Waals surface area contributed by atoms with E-state index in [2.05, 4.69) is 4.90 Å². The van der Waals surface area contributed by atoms with E-state index in [0.29, 0.717) is 19.5 Å². The van der Waals surface area contributed by atoms with Gasteiger partial charge in [0.25, 0.3) is 0 Å². The van der Waals surface area contributed by atoms with Crippen LogP contribution < -0.4 is 0 Å². The average molecular weight is 259 g/mol. The summed E-state index contributed by atoms with van der Waals surface area (Å²) in [5, 5.41) is 0. The van der Waals surface area contributed by atoms with Crippen LogP contribution in [0.2, 0.25) is 0 Å². The lowest BCUT2D eigenvalue weighted by molar-refractivity contribution is -0.117. The Balaban J connectivity index is 2.40. The Kier molecular flexibility index (Phi) is 5.33.